The molecule has 0 radical (unpaired) electrons. The van der Waals surface area contributed by atoms with Crippen molar-refractivity contribution >= 4 is 29.4 Å². The van der Waals surface area contributed by atoms with Gasteiger partial charge in [-0.15, -0.1) is 0 Å². The lowest BCUT2D eigenvalue weighted by Crippen LogP contribution is -2.48. The quantitative estimate of drug-likeness (QED) is 0.427. The Morgan fingerprint density at radius 2 is 1.60 bits per heavy atom. The predicted molar refractivity (Wildman–Crippen MR) is 110 cm³/mol. The number of hydrogen-bond donors (Lipinski definition) is 1. The molecule has 0 spiro atoms. The van der Waals surface area contributed by atoms with E-state index >= 15 is 0 Å². The van der Waals surface area contributed by atoms with Gasteiger partial charge >= 0.3 is 11.9 Å². The molecule has 30 heavy (non-hydrogen) atoms. The normalized spacial score (nSPS) is 11.7. The highest BCUT2D eigenvalue weighted by atomic mass is 16.5. The van der Waals surface area contributed by atoms with Crippen LogP contribution in [0.1, 0.15) is 46.1 Å². The summed E-state index contributed by atoms with van der Waals surface area (Å²) in [4.78, 5) is 50.9. The van der Waals surface area contributed by atoms with Gasteiger partial charge in [-0.25, -0.2) is 14.5 Å². The molecule has 0 aromatic heterocycles. The van der Waals surface area contributed by atoms with Crippen LogP contribution in [0.5, 0.6) is 5.75 Å². The molecule has 0 bridgehead atoms. The molecular weight excluding hydrogens is 392 g/mol. The van der Waals surface area contributed by atoms with E-state index in [9.17, 15) is 24.3 Å². The van der Waals surface area contributed by atoms with Gasteiger partial charge in [-0.1, -0.05) is 26.0 Å². The molecular formula is C21H30N2O7. The summed E-state index contributed by atoms with van der Waals surface area (Å²) in [5.41, 5.74) is 0.508. The number of amides is 2. The first-order valence-electron chi connectivity index (χ1n) is 9.80. The first-order chi connectivity index (χ1) is 14.2. The molecule has 0 aliphatic carbocycles. The Kier molecular flexibility index (Phi) is 9.97. The zero-order valence-corrected chi connectivity index (χ0v) is 18.1. The Bertz CT molecular complexity index is 759. The number of anilines is 1. The van der Waals surface area contributed by atoms with Crippen LogP contribution in [-0.2, 0) is 30.5 Å². The van der Waals surface area contributed by atoms with Crippen molar-refractivity contribution in [3.8, 4) is 5.75 Å². The second kappa shape index (κ2) is 11.9. The molecule has 1 atom stereocenters. The number of imide groups is 1. The topological polar surface area (TPSA) is 113 Å². The number of carbonyl (C=O) groups excluding carboxylic acids is 3. The third kappa shape index (κ3) is 6.28. The predicted octanol–water partition coefficient (Wildman–Crippen LogP) is 2.21. The van der Waals surface area contributed by atoms with Crippen LogP contribution in [0.4, 0.5) is 5.69 Å². The Labute approximate surface area is 176 Å². The van der Waals surface area contributed by atoms with Crippen molar-refractivity contribution in [2.24, 2.45) is 0 Å². The molecule has 2 amide bonds. The molecule has 1 rings (SSSR count). The zero-order valence-electron chi connectivity index (χ0n) is 18.1. The van der Waals surface area contributed by atoms with Gasteiger partial charge in [-0.05, 0) is 32.0 Å². The summed E-state index contributed by atoms with van der Waals surface area (Å²) in [7, 11) is 1.39. The van der Waals surface area contributed by atoms with Gasteiger partial charge in [0.15, 0.2) is 0 Å². The molecule has 166 valence electrons. The lowest BCUT2D eigenvalue weighted by molar-refractivity contribution is -0.161. The minimum absolute atomic E-state index is 0.165. The van der Waals surface area contributed by atoms with Crippen molar-refractivity contribution in [1.29, 1.82) is 0 Å². The van der Waals surface area contributed by atoms with Gasteiger partial charge in [0.2, 0.25) is 17.9 Å². The number of aliphatic carboxylic acids is 1. The van der Waals surface area contributed by atoms with Crippen LogP contribution in [-0.4, -0.2) is 60.0 Å². The van der Waals surface area contributed by atoms with Crippen molar-refractivity contribution < 1.29 is 33.8 Å². The zero-order chi connectivity index (χ0) is 22.8. The van der Waals surface area contributed by atoms with Crippen molar-refractivity contribution in [3.05, 3.63) is 23.8 Å². The van der Waals surface area contributed by atoms with Gasteiger partial charge in [-0.3, -0.25) is 14.5 Å². The van der Waals surface area contributed by atoms with Crippen LogP contribution in [0.2, 0.25) is 0 Å². The van der Waals surface area contributed by atoms with E-state index in [-0.39, 0.29) is 18.0 Å². The SMILES string of the molecule is CCCN(CCC)C(C(=O)O)C(=O)OCc1cccc(OC)c1N(C(C)=O)C(C)=O. The molecule has 9 heteroatoms. The van der Waals surface area contributed by atoms with Gasteiger partial charge in [0.1, 0.15) is 18.0 Å². The van der Waals surface area contributed by atoms with E-state index in [2.05, 4.69) is 0 Å². The first-order valence-corrected chi connectivity index (χ1v) is 9.80. The fourth-order valence-corrected chi connectivity index (χ4v) is 3.22. The summed E-state index contributed by atoms with van der Waals surface area (Å²) in [5.74, 6) is -3.00. The maximum absolute atomic E-state index is 12.6. The monoisotopic (exact) mass is 422 g/mol. The maximum Gasteiger partial charge on any atom is 0.335 e. The van der Waals surface area contributed by atoms with Crippen LogP contribution in [0.15, 0.2) is 18.2 Å². The second-order valence-corrected chi connectivity index (χ2v) is 6.73. The van der Waals surface area contributed by atoms with E-state index < -0.39 is 29.8 Å². The van der Waals surface area contributed by atoms with E-state index in [0.717, 1.165) is 4.90 Å². The third-order valence-electron chi connectivity index (χ3n) is 4.37. The number of rotatable bonds is 11. The van der Waals surface area contributed by atoms with Gasteiger partial charge in [0.05, 0.1) is 7.11 Å². The van der Waals surface area contributed by atoms with Crippen molar-refractivity contribution in [2.75, 3.05) is 25.1 Å². The molecule has 1 unspecified atom stereocenters. The van der Waals surface area contributed by atoms with E-state index in [1.54, 1.807) is 23.1 Å². The number of nitrogens with zero attached hydrogens (tertiary/aromatic N) is 2. The smallest absolute Gasteiger partial charge is 0.335 e. The Balaban J connectivity index is 3.21. The van der Waals surface area contributed by atoms with E-state index in [0.29, 0.717) is 31.5 Å². The third-order valence-corrected chi connectivity index (χ3v) is 4.37. The number of esters is 1. The standard InChI is InChI=1S/C21H30N2O7/c1-6-11-22(12-7-2)19(20(26)27)21(28)30-13-16-9-8-10-17(29-5)18(16)23(14(3)24)15(4)25/h8-10,19H,6-7,11-13H2,1-5H3,(H,26,27). The number of benzene rings is 1. The van der Waals surface area contributed by atoms with Crippen LogP contribution >= 0.6 is 0 Å². The molecule has 0 aliphatic heterocycles. The van der Waals surface area contributed by atoms with E-state index in [1.807, 2.05) is 13.8 Å². The molecule has 0 saturated heterocycles. The highest BCUT2D eigenvalue weighted by molar-refractivity contribution is 6.14. The van der Waals surface area contributed by atoms with Crippen LogP contribution in [0, 0.1) is 0 Å². The summed E-state index contributed by atoms with van der Waals surface area (Å²) in [6.45, 7) is 6.81. The largest absolute Gasteiger partial charge is 0.495 e. The highest BCUT2D eigenvalue weighted by Crippen LogP contribution is 2.33. The maximum atomic E-state index is 12.6. The molecule has 0 saturated carbocycles. The van der Waals surface area contributed by atoms with Crippen molar-refractivity contribution in [3.63, 3.8) is 0 Å². The molecule has 0 aliphatic rings. The average molecular weight is 422 g/mol. The minimum atomic E-state index is -1.43. The molecule has 1 aromatic rings. The Morgan fingerprint density at radius 1 is 1.03 bits per heavy atom. The van der Waals surface area contributed by atoms with E-state index in [4.69, 9.17) is 9.47 Å². The van der Waals surface area contributed by atoms with Crippen LogP contribution < -0.4 is 9.64 Å². The average Bonchev–Trinajstić information content (AvgIpc) is 2.66. The van der Waals surface area contributed by atoms with Gasteiger partial charge in [0.25, 0.3) is 0 Å². The van der Waals surface area contributed by atoms with Crippen LogP contribution in [0.3, 0.4) is 0 Å². The number of methoxy groups -OCH3 is 1. The molecule has 9 nitrogen and oxygen atoms in total. The molecule has 0 fully saturated rings. The van der Waals surface area contributed by atoms with Gasteiger partial charge < -0.3 is 14.6 Å². The lowest BCUT2D eigenvalue weighted by atomic mass is 10.1. The fraction of sp³-hybridized carbons (Fsp3) is 0.524. The van der Waals surface area contributed by atoms with Crippen LogP contribution in [0.25, 0.3) is 0 Å². The number of hydrogen-bond acceptors (Lipinski definition) is 7. The number of para-hydroxylation sites is 1. The summed E-state index contributed by atoms with van der Waals surface area (Å²) < 4.78 is 10.6. The van der Waals surface area contributed by atoms with E-state index in [1.165, 1.54) is 21.0 Å². The summed E-state index contributed by atoms with van der Waals surface area (Å²) >= 11 is 0. The van der Waals surface area contributed by atoms with Gasteiger partial charge in [-0.2, -0.15) is 0 Å². The summed E-state index contributed by atoms with van der Waals surface area (Å²) in [6, 6.07) is 3.34. The highest BCUT2D eigenvalue weighted by Gasteiger charge is 2.34. The Hall–Kier alpha value is -2.94. The summed E-state index contributed by atoms with van der Waals surface area (Å²) in [6.07, 6.45) is 1.37. The number of carboxylic acid groups (broad SMARTS) is 1. The lowest BCUT2D eigenvalue weighted by Gasteiger charge is -2.27. The Morgan fingerprint density at radius 3 is 2.03 bits per heavy atom. The number of carboxylic acids is 1. The van der Waals surface area contributed by atoms with Gasteiger partial charge in [0, 0.05) is 19.4 Å². The molecule has 0 heterocycles. The van der Waals surface area contributed by atoms with Crippen molar-refractivity contribution in [1.82, 2.24) is 4.90 Å². The van der Waals surface area contributed by atoms with Crippen molar-refractivity contribution in [2.45, 2.75) is 53.2 Å². The second-order valence-electron chi connectivity index (χ2n) is 6.73. The fourth-order valence-electron chi connectivity index (χ4n) is 3.22. The first kappa shape index (κ1) is 25.1. The molecule has 1 N–H and O–H groups in total. The summed E-state index contributed by atoms with van der Waals surface area (Å²) in [5, 5.41) is 9.58. The minimum Gasteiger partial charge on any atom is -0.495 e. The molecule has 1 aromatic carbocycles. The number of carbonyl (C=O) groups is 4. The number of ether oxygens (including phenoxy) is 2.